The second-order valence-corrected chi connectivity index (χ2v) is 12.9. The number of halogens is 2. The van der Waals surface area contributed by atoms with Gasteiger partial charge in [-0.15, -0.1) is 0 Å². The summed E-state index contributed by atoms with van der Waals surface area (Å²) in [6.07, 6.45) is 4.80. The molecule has 0 aliphatic carbocycles. The third-order valence-electron chi connectivity index (χ3n) is 9.20. The van der Waals surface area contributed by atoms with Gasteiger partial charge in [0.05, 0.1) is 23.4 Å². The highest BCUT2D eigenvalue weighted by Gasteiger charge is 2.35. The highest BCUT2D eigenvalue weighted by atomic mass is 35.5. The summed E-state index contributed by atoms with van der Waals surface area (Å²) >= 11 is 12.3. The Kier molecular flexibility index (Phi) is 9.34. The van der Waals surface area contributed by atoms with E-state index in [1.165, 1.54) is 0 Å². The molecule has 6 rings (SSSR count). The van der Waals surface area contributed by atoms with Crippen molar-refractivity contribution in [2.45, 2.75) is 50.7 Å². The van der Waals surface area contributed by atoms with Crippen molar-refractivity contribution in [3.63, 3.8) is 0 Å². The van der Waals surface area contributed by atoms with Gasteiger partial charge in [-0.05, 0) is 81.5 Å². The van der Waals surface area contributed by atoms with Crippen LogP contribution in [0.3, 0.4) is 0 Å². The average Bonchev–Trinajstić information content (AvgIpc) is 3.05. The molecular formula is C34H38Cl2N4O3. The Morgan fingerprint density at radius 3 is 1.81 bits per heavy atom. The molecule has 1 N–H and O–H groups in total. The number of benzene rings is 2. The van der Waals surface area contributed by atoms with Gasteiger partial charge < -0.3 is 14.9 Å². The van der Waals surface area contributed by atoms with Crippen LogP contribution in [0.25, 0.3) is 22.5 Å². The van der Waals surface area contributed by atoms with Crippen molar-refractivity contribution in [1.29, 1.82) is 0 Å². The molecule has 0 spiro atoms. The van der Waals surface area contributed by atoms with E-state index in [2.05, 4.69) is 4.90 Å². The molecule has 0 radical (unpaired) electrons. The molecule has 0 bridgehead atoms. The number of hydrogen-bond acceptors (Lipinski definition) is 5. The van der Waals surface area contributed by atoms with Crippen molar-refractivity contribution in [3.8, 4) is 22.5 Å². The Morgan fingerprint density at radius 1 is 0.721 bits per heavy atom. The molecule has 3 saturated heterocycles. The van der Waals surface area contributed by atoms with E-state index in [0.717, 1.165) is 61.3 Å². The van der Waals surface area contributed by atoms with Crippen LogP contribution >= 0.6 is 23.2 Å². The molecule has 7 nitrogen and oxygen atoms in total. The first kappa shape index (κ1) is 30.1. The Bertz CT molecular complexity index is 1370. The third kappa shape index (κ3) is 7.07. The number of carbonyl (C=O) groups excluding carboxylic acids is 2. The van der Waals surface area contributed by atoms with Gasteiger partial charge in [0.15, 0.2) is 0 Å². The Hall–Kier alpha value is -2.97. The molecule has 2 amide bonds. The van der Waals surface area contributed by atoms with Crippen molar-refractivity contribution in [2.75, 3.05) is 39.3 Å². The molecular weight excluding hydrogens is 583 g/mol. The SMILES string of the molecule is O=C(c1cc(-c2ccc(Cl)cc2)nc(-c2ccc(Cl)cc2)c1)N1CCC(N2CCC[C@@H](C(=O)N3CCC(O)CC3)C2)CC1. The first-order chi connectivity index (χ1) is 20.8. The zero-order valence-corrected chi connectivity index (χ0v) is 25.8. The lowest BCUT2D eigenvalue weighted by molar-refractivity contribution is -0.139. The van der Waals surface area contributed by atoms with Crippen LogP contribution in [0.4, 0.5) is 0 Å². The maximum Gasteiger partial charge on any atom is 0.254 e. The van der Waals surface area contributed by atoms with Crippen molar-refractivity contribution < 1.29 is 14.7 Å². The minimum Gasteiger partial charge on any atom is -0.393 e. The number of aromatic nitrogens is 1. The molecule has 3 aliphatic rings. The van der Waals surface area contributed by atoms with Crippen LogP contribution in [0.1, 0.15) is 48.9 Å². The van der Waals surface area contributed by atoms with Gasteiger partial charge >= 0.3 is 0 Å². The van der Waals surface area contributed by atoms with Crippen LogP contribution in [0.5, 0.6) is 0 Å². The minimum absolute atomic E-state index is 0.00487. The van der Waals surface area contributed by atoms with Crippen LogP contribution in [0.15, 0.2) is 60.7 Å². The molecule has 4 heterocycles. The molecule has 3 fully saturated rings. The fourth-order valence-corrected chi connectivity index (χ4v) is 6.94. The zero-order chi connectivity index (χ0) is 29.9. The zero-order valence-electron chi connectivity index (χ0n) is 24.3. The maximum absolute atomic E-state index is 13.9. The van der Waals surface area contributed by atoms with E-state index in [0.29, 0.717) is 60.7 Å². The van der Waals surface area contributed by atoms with Crippen LogP contribution in [-0.2, 0) is 4.79 Å². The molecule has 3 aromatic rings. The molecule has 226 valence electrons. The van der Waals surface area contributed by atoms with Crippen LogP contribution in [0.2, 0.25) is 10.0 Å². The first-order valence-corrected chi connectivity index (χ1v) is 16.1. The largest absolute Gasteiger partial charge is 0.393 e. The summed E-state index contributed by atoms with van der Waals surface area (Å²) in [7, 11) is 0. The number of likely N-dealkylation sites (tertiary alicyclic amines) is 3. The molecule has 0 saturated carbocycles. The number of hydrogen-bond donors (Lipinski definition) is 1. The highest BCUT2D eigenvalue weighted by Crippen LogP contribution is 2.30. The van der Waals surface area contributed by atoms with E-state index in [-0.39, 0.29) is 23.8 Å². The summed E-state index contributed by atoms with van der Waals surface area (Å²) in [5.41, 5.74) is 3.83. The van der Waals surface area contributed by atoms with Crippen LogP contribution < -0.4 is 0 Å². The number of carbonyl (C=O) groups is 2. The van der Waals surface area contributed by atoms with Gasteiger partial charge in [0.25, 0.3) is 5.91 Å². The lowest BCUT2D eigenvalue weighted by atomic mass is 9.92. The van der Waals surface area contributed by atoms with Gasteiger partial charge in [0.1, 0.15) is 0 Å². The number of aliphatic hydroxyl groups is 1. The predicted octanol–water partition coefficient (Wildman–Crippen LogP) is 6.02. The van der Waals surface area contributed by atoms with Gasteiger partial charge in [-0.1, -0.05) is 47.5 Å². The highest BCUT2D eigenvalue weighted by molar-refractivity contribution is 6.30. The summed E-state index contributed by atoms with van der Waals surface area (Å²) in [4.78, 5) is 38.4. The number of pyridine rings is 1. The molecule has 43 heavy (non-hydrogen) atoms. The Morgan fingerprint density at radius 2 is 1.26 bits per heavy atom. The first-order valence-electron chi connectivity index (χ1n) is 15.4. The van der Waals surface area contributed by atoms with Gasteiger partial charge in [-0.2, -0.15) is 0 Å². The fourth-order valence-electron chi connectivity index (χ4n) is 6.69. The lowest BCUT2D eigenvalue weighted by Crippen LogP contribution is -2.52. The normalized spacial score (nSPS) is 20.8. The number of rotatable bonds is 5. The molecule has 0 unspecified atom stereocenters. The predicted molar refractivity (Wildman–Crippen MR) is 170 cm³/mol. The molecule has 3 aliphatic heterocycles. The van der Waals surface area contributed by atoms with Gasteiger partial charge in [-0.25, -0.2) is 4.98 Å². The molecule has 1 atom stereocenters. The molecule has 9 heteroatoms. The summed E-state index contributed by atoms with van der Waals surface area (Å²) in [6, 6.07) is 19.1. The minimum atomic E-state index is -0.278. The quantitative estimate of drug-likeness (QED) is 0.377. The number of amides is 2. The number of nitrogens with zero attached hydrogens (tertiary/aromatic N) is 4. The van der Waals surface area contributed by atoms with Crippen LogP contribution in [0, 0.1) is 5.92 Å². The van der Waals surface area contributed by atoms with E-state index in [1.807, 2.05) is 70.5 Å². The third-order valence-corrected chi connectivity index (χ3v) is 9.70. The summed E-state index contributed by atoms with van der Waals surface area (Å²) < 4.78 is 0. The monoisotopic (exact) mass is 620 g/mol. The standard InChI is InChI=1S/C34H38Cl2N4O3/c35-27-7-3-23(4-8-27)31-20-26(21-32(37-31)24-5-9-28(36)10-6-24)34(43)38-16-11-29(12-17-38)40-15-1-2-25(22-40)33(42)39-18-13-30(41)14-19-39/h3-10,20-21,25,29-30,41H,1-2,11-19,22H2/t25-/m1/s1. The second-order valence-electron chi connectivity index (χ2n) is 12.1. The van der Waals surface area contributed by atoms with Gasteiger partial charge in [-0.3, -0.25) is 14.5 Å². The van der Waals surface area contributed by atoms with E-state index >= 15 is 0 Å². The molecule has 2 aromatic carbocycles. The summed E-state index contributed by atoms with van der Waals surface area (Å²) in [5.74, 6) is 0.276. The van der Waals surface area contributed by atoms with Crippen molar-refractivity contribution in [3.05, 3.63) is 76.3 Å². The Balaban J connectivity index is 1.14. The Labute approximate surface area is 263 Å². The number of piperidine rings is 3. The van der Waals surface area contributed by atoms with E-state index in [4.69, 9.17) is 28.2 Å². The van der Waals surface area contributed by atoms with E-state index in [1.54, 1.807) is 0 Å². The van der Waals surface area contributed by atoms with Crippen molar-refractivity contribution in [2.24, 2.45) is 5.92 Å². The average molecular weight is 622 g/mol. The van der Waals surface area contributed by atoms with Gasteiger partial charge in [0, 0.05) is 65.5 Å². The van der Waals surface area contributed by atoms with E-state index in [9.17, 15) is 14.7 Å². The smallest absolute Gasteiger partial charge is 0.254 e. The lowest BCUT2D eigenvalue weighted by Gasteiger charge is -2.43. The van der Waals surface area contributed by atoms with Gasteiger partial charge in [0.2, 0.25) is 5.91 Å². The summed E-state index contributed by atoms with van der Waals surface area (Å²) in [6.45, 7) is 4.46. The van der Waals surface area contributed by atoms with Crippen molar-refractivity contribution >= 4 is 35.0 Å². The van der Waals surface area contributed by atoms with Crippen molar-refractivity contribution in [1.82, 2.24) is 19.7 Å². The fraction of sp³-hybridized carbons (Fsp3) is 0.441. The molecule has 1 aromatic heterocycles. The topological polar surface area (TPSA) is 77.0 Å². The van der Waals surface area contributed by atoms with Crippen LogP contribution in [-0.4, -0.2) is 88.0 Å². The summed E-state index contributed by atoms with van der Waals surface area (Å²) in [5, 5.41) is 11.1. The maximum atomic E-state index is 13.9. The van der Waals surface area contributed by atoms with E-state index < -0.39 is 0 Å². The number of aliphatic hydroxyl groups excluding tert-OH is 1. The second kappa shape index (κ2) is 13.3.